The van der Waals surface area contributed by atoms with E-state index in [0.717, 1.165) is 23.6 Å². The molecule has 2 fully saturated rings. The Balaban J connectivity index is 1.76. The van der Waals surface area contributed by atoms with Crippen molar-refractivity contribution in [3.63, 3.8) is 0 Å². The van der Waals surface area contributed by atoms with Crippen LogP contribution in [-0.4, -0.2) is 37.1 Å². The lowest BCUT2D eigenvalue weighted by atomic mass is 9.99. The van der Waals surface area contributed by atoms with Gasteiger partial charge in [-0.25, -0.2) is 0 Å². The fourth-order valence-electron chi connectivity index (χ4n) is 3.18. The lowest BCUT2D eigenvalue weighted by Crippen LogP contribution is -2.54. The Labute approximate surface area is 122 Å². The van der Waals surface area contributed by atoms with Crippen molar-refractivity contribution in [3.05, 3.63) is 28.2 Å². The zero-order chi connectivity index (χ0) is 13.2. The first-order chi connectivity index (χ1) is 9.28. The Morgan fingerprint density at radius 3 is 2.89 bits per heavy atom. The lowest BCUT2D eigenvalue weighted by molar-refractivity contribution is 0.133. The number of nitrogens with zero attached hydrogens (tertiary/aromatic N) is 3. The summed E-state index contributed by atoms with van der Waals surface area (Å²) in [5.74, 6) is 0. The molecule has 3 rings (SSSR count). The standard InChI is InChI=1S/C15H18BrN3/c16-15-9-13(5-4-12(15)10-17)19-8-7-18-6-2-1-3-14(18)11-19/h4-5,9,14H,1-3,6-8,11H2. The Morgan fingerprint density at radius 1 is 1.21 bits per heavy atom. The summed E-state index contributed by atoms with van der Waals surface area (Å²) < 4.78 is 0.901. The molecule has 19 heavy (non-hydrogen) atoms. The van der Waals surface area contributed by atoms with Gasteiger partial charge in [0.15, 0.2) is 0 Å². The Bertz CT molecular complexity index is 509. The molecule has 0 aromatic heterocycles. The smallest absolute Gasteiger partial charge is 0.100 e. The van der Waals surface area contributed by atoms with Crippen LogP contribution in [0, 0.1) is 11.3 Å². The zero-order valence-corrected chi connectivity index (χ0v) is 12.6. The van der Waals surface area contributed by atoms with Crippen LogP contribution in [0.4, 0.5) is 5.69 Å². The average molecular weight is 320 g/mol. The van der Waals surface area contributed by atoms with E-state index < -0.39 is 0 Å². The largest absolute Gasteiger partial charge is 0.369 e. The van der Waals surface area contributed by atoms with Crippen LogP contribution in [-0.2, 0) is 0 Å². The Morgan fingerprint density at radius 2 is 2.11 bits per heavy atom. The predicted octanol–water partition coefficient (Wildman–Crippen LogP) is 3.00. The van der Waals surface area contributed by atoms with E-state index in [0.29, 0.717) is 5.56 Å². The van der Waals surface area contributed by atoms with Gasteiger partial charge in [-0.05, 0) is 53.5 Å². The molecule has 1 aromatic rings. The molecule has 1 atom stereocenters. The molecular weight excluding hydrogens is 302 g/mol. The molecule has 0 N–H and O–H groups in total. The summed E-state index contributed by atoms with van der Waals surface area (Å²) in [4.78, 5) is 5.09. The molecule has 2 heterocycles. The molecule has 0 saturated carbocycles. The van der Waals surface area contributed by atoms with Gasteiger partial charge >= 0.3 is 0 Å². The van der Waals surface area contributed by atoms with Gasteiger partial charge in [0, 0.05) is 35.8 Å². The van der Waals surface area contributed by atoms with Crippen LogP contribution in [0.2, 0.25) is 0 Å². The summed E-state index contributed by atoms with van der Waals surface area (Å²) >= 11 is 3.48. The third-order valence-electron chi connectivity index (χ3n) is 4.28. The minimum atomic E-state index is 0.708. The number of rotatable bonds is 1. The van der Waals surface area contributed by atoms with Crippen molar-refractivity contribution < 1.29 is 0 Å². The molecule has 0 radical (unpaired) electrons. The topological polar surface area (TPSA) is 30.3 Å². The first-order valence-electron chi connectivity index (χ1n) is 6.96. The second kappa shape index (κ2) is 5.52. The Hall–Kier alpha value is -1.05. The molecule has 2 aliphatic heterocycles. The highest BCUT2D eigenvalue weighted by atomic mass is 79.9. The maximum atomic E-state index is 8.97. The van der Waals surface area contributed by atoms with Gasteiger partial charge in [-0.1, -0.05) is 6.42 Å². The minimum absolute atomic E-state index is 0.708. The van der Waals surface area contributed by atoms with Crippen LogP contribution in [0.1, 0.15) is 24.8 Å². The molecule has 100 valence electrons. The summed E-state index contributed by atoms with van der Waals surface area (Å²) in [6.07, 6.45) is 4.05. The van der Waals surface area contributed by atoms with Gasteiger partial charge in [0.05, 0.1) is 5.56 Å². The third kappa shape index (κ3) is 2.63. The highest BCUT2D eigenvalue weighted by Crippen LogP contribution is 2.28. The van der Waals surface area contributed by atoms with E-state index in [1.165, 1.54) is 38.0 Å². The molecule has 4 heteroatoms. The number of anilines is 1. The van der Waals surface area contributed by atoms with E-state index in [1.807, 2.05) is 6.07 Å². The fraction of sp³-hybridized carbons (Fsp3) is 0.533. The maximum Gasteiger partial charge on any atom is 0.100 e. The van der Waals surface area contributed by atoms with E-state index in [-0.39, 0.29) is 0 Å². The number of piperazine rings is 1. The van der Waals surface area contributed by atoms with Crippen molar-refractivity contribution in [2.24, 2.45) is 0 Å². The molecular formula is C15H18BrN3. The number of halogens is 1. The molecule has 0 aliphatic carbocycles. The molecule has 0 bridgehead atoms. The van der Waals surface area contributed by atoms with E-state index in [9.17, 15) is 0 Å². The summed E-state index contributed by atoms with van der Waals surface area (Å²) in [7, 11) is 0. The highest BCUT2D eigenvalue weighted by molar-refractivity contribution is 9.10. The van der Waals surface area contributed by atoms with Crippen molar-refractivity contribution in [1.29, 1.82) is 5.26 Å². The molecule has 1 unspecified atom stereocenters. The van der Waals surface area contributed by atoms with Crippen molar-refractivity contribution >= 4 is 21.6 Å². The zero-order valence-electron chi connectivity index (χ0n) is 11.0. The van der Waals surface area contributed by atoms with Crippen LogP contribution in [0.3, 0.4) is 0 Å². The van der Waals surface area contributed by atoms with Gasteiger partial charge < -0.3 is 4.90 Å². The van der Waals surface area contributed by atoms with Gasteiger partial charge in [0.1, 0.15) is 6.07 Å². The first kappa shape index (κ1) is 13.0. The number of nitriles is 1. The van der Waals surface area contributed by atoms with Crippen LogP contribution >= 0.6 is 15.9 Å². The van der Waals surface area contributed by atoms with Crippen molar-refractivity contribution in [2.75, 3.05) is 31.1 Å². The van der Waals surface area contributed by atoms with Crippen molar-refractivity contribution in [3.8, 4) is 6.07 Å². The molecule has 0 spiro atoms. The fourth-order valence-corrected chi connectivity index (χ4v) is 3.64. The van der Waals surface area contributed by atoms with Gasteiger partial charge in [0.2, 0.25) is 0 Å². The van der Waals surface area contributed by atoms with E-state index in [1.54, 1.807) is 0 Å². The number of fused-ring (bicyclic) bond motifs is 1. The van der Waals surface area contributed by atoms with Gasteiger partial charge in [0.25, 0.3) is 0 Å². The van der Waals surface area contributed by atoms with Gasteiger partial charge in [-0.3, -0.25) is 4.90 Å². The van der Waals surface area contributed by atoms with Crippen LogP contribution in [0.5, 0.6) is 0 Å². The van der Waals surface area contributed by atoms with E-state index in [4.69, 9.17) is 5.26 Å². The van der Waals surface area contributed by atoms with Gasteiger partial charge in [-0.15, -0.1) is 0 Å². The van der Waals surface area contributed by atoms with Crippen LogP contribution in [0.15, 0.2) is 22.7 Å². The second-order valence-electron chi connectivity index (χ2n) is 5.41. The van der Waals surface area contributed by atoms with Gasteiger partial charge in [-0.2, -0.15) is 5.26 Å². The van der Waals surface area contributed by atoms with E-state index >= 15 is 0 Å². The molecule has 2 saturated heterocycles. The quantitative estimate of drug-likeness (QED) is 0.797. The second-order valence-corrected chi connectivity index (χ2v) is 6.26. The predicted molar refractivity (Wildman–Crippen MR) is 80.3 cm³/mol. The third-order valence-corrected chi connectivity index (χ3v) is 4.93. The van der Waals surface area contributed by atoms with Crippen LogP contribution < -0.4 is 4.90 Å². The molecule has 1 aromatic carbocycles. The SMILES string of the molecule is N#Cc1ccc(N2CCN3CCCCC3C2)cc1Br. The number of hydrogen-bond donors (Lipinski definition) is 0. The van der Waals surface area contributed by atoms with Crippen molar-refractivity contribution in [1.82, 2.24) is 4.90 Å². The average Bonchev–Trinajstić information content (AvgIpc) is 2.46. The summed E-state index contributed by atoms with van der Waals surface area (Å²) in [5, 5.41) is 8.97. The van der Waals surface area contributed by atoms with Crippen LogP contribution in [0.25, 0.3) is 0 Å². The monoisotopic (exact) mass is 319 g/mol. The number of piperidine rings is 1. The summed E-state index contributed by atoms with van der Waals surface area (Å²) in [5.41, 5.74) is 1.94. The highest BCUT2D eigenvalue weighted by Gasteiger charge is 2.28. The molecule has 0 amide bonds. The maximum absolute atomic E-state index is 8.97. The normalized spacial score (nSPS) is 23.8. The minimum Gasteiger partial charge on any atom is -0.369 e. The molecule has 2 aliphatic rings. The number of hydrogen-bond acceptors (Lipinski definition) is 3. The summed E-state index contributed by atoms with van der Waals surface area (Å²) in [6.45, 7) is 4.66. The van der Waals surface area contributed by atoms with E-state index in [2.05, 4.69) is 43.9 Å². The van der Waals surface area contributed by atoms with Crippen molar-refractivity contribution in [2.45, 2.75) is 25.3 Å². The Kier molecular flexibility index (Phi) is 3.76. The first-order valence-corrected chi connectivity index (χ1v) is 7.76. The number of benzene rings is 1. The molecule has 3 nitrogen and oxygen atoms in total. The summed E-state index contributed by atoms with van der Waals surface area (Å²) in [6, 6.07) is 8.98. The lowest BCUT2D eigenvalue weighted by Gasteiger charge is -2.45.